The van der Waals surface area contributed by atoms with Gasteiger partial charge in [-0.3, -0.25) is 14.9 Å². The van der Waals surface area contributed by atoms with Crippen molar-refractivity contribution in [1.29, 1.82) is 0 Å². The number of nitro groups is 1. The predicted octanol–water partition coefficient (Wildman–Crippen LogP) is 6.77. The Morgan fingerprint density at radius 2 is 1.68 bits per heavy atom. The number of benzene rings is 3. The summed E-state index contributed by atoms with van der Waals surface area (Å²) in [6, 6.07) is 21.2. The number of hydrogen-bond donors (Lipinski definition) is 1. The summed E-state index contributed by atoms with van der Waals surface area (Å²) in [4.78, 5) is 23.5. The van der Waals surface area contributed by atoms with Gasteiger partial charge >= 0.3 is 0 Å². The van der Waals surface area contributed by atoms with E-state index in [1.165, 1.54) is 24.3 Å². The van der Waals surface area contributed by atoms with Crippen molar-refractivity contribution in [2.75, 3.05) is 5.32 Å². The Bertz CT molecular complexity index is 1320. The molecule has 4 rings (SSSR count). The first-order valence-electron chi connectivity index (χ1n) is 10.2. The van der Waals surface area contributed by atoms with Crippen molar-refractivity contribution in [2.24, 2.45) is 0 Å². The van der Waals surface area contributed by atoms with Crippen molar-refractivity contribution in [3.05, 3.63) is 111 Å². The number of nitrogens with zero attached hydrogens (tertiary/aromatic N) is 1. The summed E-state index contributed by atoms with van der Waals surface area (Å²) in [6.45, 7) is 2.05. The fraction of sp³-hybridized carbons (Fsp3) is 0.0800. The second-order valence-electron chi connectivity index (χ2n) is 7.35. The fourth-order valence-electron chi connectivity index (χ4n) is 3.02. The molecule has 4 aromatic rings. The van der Waals surface area contributed by atoms with Gasteiger partial charge in [0.05, 0.1) is 16.7 Å². The topological polar surface area (TPSA) is 104 Å². The quantitative estimate of drug-likeness (QED) is 0.221. The summed E-state index contributed by atoms with van der Waals surface area (Å²) in [6.07, 6.45) is 0. The largest absolute Gasteiger partial charge is 0.486 e. The smallest absolute Gasteiger partial charge is 0.291 e. The molecule has 1 amide bonds. The molecular weight excluding hydrogens is 460 g/mol. The van der Waals surface area contributed by atoms with Crippen LogP contribution < -0.4 is 14.8 Å². The molecule has 172 valence electrons. The van der Waals surface area contributed by atoms with E-state index in [1.54, 1.807) is 42.5 Å². The highest BCUT2D eigenvalue weighted by Gasteiger charge is 2.16. The third-order valence-corrected chi connectivity index (χ3v) is 4.95. The van der Waals surface area contributed by atoms with Gasteiger partial charge in [0.2, 0.25) is 0 Å². The normalized spacial score (nSPS) is 10.5. The molecule has 0 saturated heterocycles. The van der Waals surface area contributed by atoms with Gasteiger partial charge in [0.25, 0.3) is 11.6 Å². The van der Waals surface area contributed by atoms with Crippen LogP contribution in [0.2, 0.25) is 5.02 Å². The summed E-state index contributed by atoms with van der Waals surface area (Å²) in [7, 11) is 0. The van der Waals surface area contributed by atoms with Crippen LogP contribution in [0, 0.1) is 17.0 Å². The molecule has 34 heavy (non-hydrogen) atoms. The number of anilines is 1. The maximum Gasteiger partial charge on any atom is 0.291 e. The van der Waals surface area contributed by atoms with E-state index >= 15 is 0 Å². The van der Waals surface area contributed by atoms with Crippen molar-refractivity contribution in [3.8, 4) is 17.2 Å². The molecular formula is C25H19ClN2O6. The third kappa shape index (κ3) is 5.93. The Hall–Kier alpha value is -4.30. The summed E-state index contributed by atoms with van der Waals surface area (Å²) >= 11 is 5.85. The molecule has 0 aliphatic rings. The number of nitrogens with one attached hydrogen (secondary N) is 1. The number of nitro benzene ring substituents is 1. The van der Waals surface area contributed by atoms with E-state index in [2.05, 4.69) is 5.32 Å². The van der Waals surface area contributed by atoms with E-state index in [4.69, 9.17) is 25.5 Å². The minimum absolute atomic E-state index is 0.0298. The van der Waals surface area contributed by atoms with Crippen LogP contribution in [0.15, 0.2) is 83.3 Å². The summed E-state index contributed by atoms with van der Waals surface area (Å²) in [5.41, 5.74) is 1.02. The van der Waals surface area contributed by atoms with Crippen LogP contribution in [0.5, 0.6) is 17.2 Å². The zero-order valence-electron chi connectivity index (χ0n) is 18.0. The van der Waals surface area contributed by atoms with Crippen molar-refractivity contribution in [2.45, 2.75) is 13.5 Å². The van der Waals surface area contributed by atoms with Crippen LogP contribution >= 0.6 is 11.6 Å². The van der Waals surface area contributed by atoms with E-state index in [1.807, 2.05) is 19.1 Å². The van der Waals surface area contributed by atoms with Gasteiger partial charge in [0.15, 0.2) is 5.76 Å². The van der Waals surface area contributed by atoms with Crippen molar-refractivity contribution < 1.29 is 23.6 Å². The molecule has 1 heterocycles. The van der Waals surface area contributed by atoms with Crippen LogP contribution in [0.1, 0.15) is 21.9 Å². The van der Waals surface area contributed by atoms with Gasteiger partial charge in [-0.15, -0.1) is 0 Å². The first-order valence-corrected chi connectivity index (χ1v) is 10.6. The van der Waals surface area contributed by atoms with Gasteiger partial charge < -0.3 is 19.2 Å². The number of rotatable bonds is 8. The van der Waals surface area contributed by atoms with Gasteiger partial charge in [0, 0.05) is 17.2 Å². The number of hydrogen-bond acceptors (Lipinski definition) is 6. The number of aryl methyl sites for hydroxylation is 1. The zero-order chi connectivity index (χ0) is 24.1. The highest BCUT2D eigenvalue weighted by Crippen LogP contribution is 2.30. The number of non-ortho nitro benzene ring substituents is 1. The van der Waals surface area contributed by atoms with Gasteiger partial charge in [-0.2, -0.15) is 0 Å². The van der Waals surface area contributed by atoms with E-state index in [0.29, 0.717) is 22.3 Å². The summed E-state index contributed by atoms with van der Waals surface area (Å²) in [5, 5.41) is 14.6. The fourth-order valence-corrected chi connectivity index (χ4v) is 3.14. The van der Waals surface area contributed by atoms with Crippen LogP contribution in [-0.2, 0) is 6.61 Å². The standard InChI is InChI=1S/C25H19ClN2O6/c1-16-2-6-21(7-3-16)33-23-13-18(12-19(14-23)28(30)31)27-25(29)24-11-10-22(34-24)15-32-20-8-4-17(26)5-9-20/h2-14H,15H2,1H3,(H,27,29). The molecule has 0 radical (unpaired) electrons. The molecule has 0 bridgehead atoms. The van der Waals surface area contributed by atoms with E-state index in [-0.39, 0.29) is 29.5 Å². The molecule has 1 aromatic heterocycles. The van der Waals surface area contributed by atoms with E-state index in [0.717, 1.165) is 5.56 Å². The minimum atomic E-state index is -0.570. The number of carbonyl (C=O) groups excluding carboxylic acids is 1. The molecule has 0 saturated carbocycles. The average molecular weight is 479 g/mol. The second-order valence-corrected chi connectivity index (χ2v) is 7.79. The molecule has 0 unspecified atom stereocenters. The van der Waals surface area contributed by atoms with Gasteiger partial charge in [-0.25, -0.2) is 0 Å². The Morgan fingerprint density at radius 3 is 2.38 bits per heavy atom. The molecule has 0 aliphatic carbocycles. The molecule has 8 nitrogen and oxygen atoms in total. The van der Waals surface area contributed by atoms with E-state index in [9.17, 15) is 14.9 Å². The molecule has 0 spiro atoms. The lowest BCUT2D eigenvalue weighted by molar-refractivity contribution is -0.384. The maximum atomic E-state index is 12.7. The Balaban J connectivity index is 1.45. The number of amides is 1. The number of ether oxygens (including phenoxy) is 2. The molecule has 0 atom stereocenters. The highest BCUT2D eigenvalue weighted by molar-refractivity contribution is 6.30. The van der Waals surface area contributed by atoms with Crippen LogP contribution in [0.3, 0.4) is 0 Å². The summed E-state index contributed by atoms with van der Waals surface area (Å²) < 4.78 is 16.9. The highest BCUT2D eigenvalue weighted by atomic mass is 35.5. The van der Waals surface area contributed by atoms with Gasteiger partial charge in [-0.05, 0) is 55.5 Å². The molecule has 0 aliphatic heterocycles. The van der Waals surface area contributed by atoms with Crippen LogP contribution in [-0.4, -0.2) is 10.8 Å². The Kier molecular flexibility index (Phi) is 6.79. The second kappa shape index (κ2) is 10.1. The molecule has 0 fully saturated rings. The number of carbonyl (C=O) groups is 1. The molecule has 1 N–H and O–H groups in total. The summed E-state index contributed by atoms with van der Waals surface area (Å²) in [5.74, 6) is 1.22. The van der Waals surface area contributed by atoms with Crippen molar-refractivity contribution in [1.82, 2.24) is 0 Å². The Morgan fingerprint density at radius 1 is 0.971 bits per heavy atom. The predicted molar refractivity (Wildman–Crippen MR) is 127 cm³/mol. The first kappa shape index (κ1) is 22.9. The van der Waals surface area contributed by atoms with Crippen molar-refractivity contribution in [3.63, 3.8) is 0 Å². The average Bonchev–Trinajstić information content (AvgIpc) is 3.29. The third-order valence-electron chi connectivity index (χ3n) is 4.70. The number of furan rings is 1. The molecule has 9 heteroatoms. The lowest BCUT2D eigenvalue weighted by Crippen LogP contribution is -2.11. The minimum Gasteiger partial charge on any atom is -0.486 e. The first-order chi connectivity index (χ1) is 16.4. The van der Waals surface area contributed by atoms with Crippen LogP contribution in [0.25, 0.3) is 0 Å². The zero-order valence-corrected chi connectivity index (χ0v) is 18.7. The van der Waals surface area contributed by atoms with Crippen molar-refractivity contribution >= 4 is 28.9 Å². The number of halogens is 1. The van der Waals surface area contributed by atoms with Gasteiger partial charge in [-0.1, -0.05) is 29.3 Å². The maximum absolute atomic E-state index is 12.7. The monoisotopic (exact) mass is 478 g/mol. The molecule has 3 aromatic carbocycles. The SMILES string of the molecule is Cc1ccc(Oc2cc(NC(=O)c3ccc(COc4ccc(Cl)cc4)o3)cc([N+](=O)[O-])c2)cc1. The lowest BCUT2D eigenvalue weighted by atomic mass is 10.2. The lowest BCUT2D eigenvalue weighted by Gasteiger charge is -2.09. The van der Waals surface area contributed by atoms with Gasteiger partial charge in [0.1, 0.15) is 29.6 Å². The van der Waals surface area contributed by atoms with Crippen LogP contribution in [0.4, 0.5) is 11.4 Å². The van der Waals surface area contributed by atoms with E-state index < -0.39 is 10.8 Å². The Labute approximate surface area is 199 Å².